The van der Waals surface area contributed by atoms with Gasteiger partial charge in [0.2, 0.25) is 0 Å². The first-order valence-corrected chi connectivity index (χ1v) is 4.34. The van der Waals surface area contributed by atoms with Gasteiger partial charge in [0.15, 0.2) is 0 Å². The molecule has 1 N–H and O–H groups in total. The van der Waals surface area contributed by atoms with Gasteiger partial charge >= 0.3 is 0 Å². The summed E-state index contributed by atoms with van der Waals surface area (Å²) in [4.78, 5) is 11.6. The summed E-state index contributed by atoms with van der Waals surface area (Å²) in [6.45, 7) is 0.0222. The highest BCUT2D eigenvalue weighted by Gasteiger charge is 2.06. The van der Waals surface area contributed by atoms with Gasteiger partial charge in [-0.2, -0.15) is 5.26 Å². The molecule has 5 heteroatoms. The van der Waals surface area contributed by atoms with E-state index in [9.17, 15) is 4.79 Å². The Labute approximate surface area is 78.6 Å². The molecule has 0 unspecified atom stereocenters. The Hall–Kier alpha value is -1.05. The van der Waals surface area contributed by atoms with Gasteiger partial charge in [0.05, 0.1) is 15.3 Å². The smallest absolute Gasteiger partial charge is 0.262 e. The van der Waals surface area contributed by atoms with Crippen LogP contribution in [-0.4, -0.2) is 12.5 Å². The van der Waals surface area contributed by atoms with E-state index in [1.807, 2.05) is 6.07 Å². The van der Waals surface area contributed by atoms with Crippen molar-refractivity contribution >= 4 is 28.8 Å². The van der Waals surface area contributed by atoms with Crippen LogP contribution in [0.3, 0.4) is 0 Å². The second kappa shape index (κ2) is 4.10. The molecule has 0 bridgehead atoms. The summed E-state index contributed by atoms with van der Waals surface area (Å²) in [5.74, 6) is -0.256. The largest absolute Gasteiger partial charge is 0.338 e. The third-order valence-electron chi connectivity index (χ3n) is 1.12. The highest BCUT2D eigenvalue weighted by atomic mass is 35.5. The van der Waals surface area contributed by atoms with Crippen LogP contribution in [0.1, 0.15) is 9.67 Å². The minimum atomic E-state index is -0.256. The van der Waals surface area contributed by atoms with Gasteiger partial charge in [0.1, 0.15) is 6.54 Å². The maximum Gasteiger partial charge on any atom is 0.262 e. The highest BCUT2D eigenvalue weighted by Crippen LogP contribution is 2.20. The zero-order valence-corrected chi connectivity index (χ0v) is 7.58. The zero-order valence-electron chi connectivity index (χ0n) is 6.00. The SMILES string of the molecule is N#CCNC(=O)c1ccc(Cl)s1. The van der Waals surface area contributed by atoms with E-state index in [1.54, 1.807) is 12.1 Å². The molecule has 1 rings (SSSR count). The van der Waals surface area contributed by atoms with Crippen LogP contribution >= 0.6 is 22.9 Å². The summed E-state index contributed by atoms with van der Waals surface area (Å²) in [6, 6.07) is 5.09. The van der Waals surface area contributed by atoms with Crippen LogP contribution in [0.2, 0.25) is 4.34 Å². The van der Waals surface area contributed by atoms with Gasteiger partial charge in [-0.15, -0.1) is 11.3 Å². The van der Waals surface area contributed by atoms with E-state index in [4.69, 9.17) is 16.9 Å². The number of halogens is 1. The fourth-order valence-corrected chi connectivity index (χ4v) is 1.60. The van der Waals surface area contributed by atoms with Crippen molar-refractivity contribution in [1.82, 2.24) is 5.32 Å². The van der Waals surface area contributed by atoms with E-state index < -0.39 is 0 Å². The molecule has 62 valence electrons. The first-order valence-electron chi connectivity index (χ1n) is 3.14. The third kappa shape index (κ3) is 2.22. The molecule has 1 amide bonds. The maximum absolute atomic E-state index is 11.1. The van der Waals surface area contributed by atoms with Crippen molar-refractivity contribution in [3.63, 3.8) is 0 Å². The fourth-order valence-electron chi connectivity index (χ4n) is 0.643. The van der Waals surface area contributed by atoms with Crippen LogP contribution in [-0.2, 0) is 0 Å². The van der Waals surface area contributed by atoms with Crippen LogP contribution in [0.25, 0.3) is 0 Å². The number of hydrogen-bond donors (Lipinski definition) is 1. The van der Waals surface area contributed by atoms with Crippen molar-refractivity contribution in [3.8, 4) is 6.07 Å². The molecule has 12 heavy (non-hydrogen) atoms. The van der Waals surface area contributed by atoms with E-state index in [-0.39, 0.29) is 12.5 Å². The van der Waals surface area contributed by atoms with E-state index in [1.165, 1.54) is 11.3 Å². The van der Waals surface area contributed by atoms with Gasteiger partial charge in [-0.3, -0.25) is 4.79 Å². The third-order valence-corrected chi connectivity index (χ3v) is 2.35. The molecule has 0 atom stereocenters. The molecule has 1 aromatic heterocycles. The summed E-state index contributed by atoms with van der Waals surface area (Å²) in [5.41, 5.74) is 0. The molecule has 0 spiro atoms. The Kier molecular flexibility index (Phi) is 3.09. The fraction of sp³-hybridized carbons (Fsp3) is 0.143. The Morgan fingerprint density at radius 1 is 1.75 bits per heavy atom. The number of thiophene rings is 1. The lowest BCUT2D eigenvalue weighted by Gasteiger charge is -1.94. The monoisotopic (exact) mass is 200 g/mol. The topological polar surface area (TPSA) is 52.9 Å². The number of carbonyl (C=O) groups is 1. The molecule has 0 saturated heterocycles. The lowest BCUT2D eigenvalue weighted by atomic mass is 10.4. The summed E-state index contributed by atoms with van der Waals surface area (Å²) < 4.78 is 0.567. The minimum Gasteiger partial charge on any atom is -0.338 e. The number of carbonyl (C=O) groups excluding carboxylic acids is 1. The molecule has 0 aliphatic heterocycles. The molecule has 1 aromatic rings. The standard InChI is InChI=1S/C7H5ClN2OS/c8-6-2-1-5(12-6)7(11)10-4-3-9/h1-2H,4H2,(H,10,11). The quantitative estimate of drug-likeness (QED) is 0.739. The van der Waals surface area contributed by atoms with E-state index in [2.05, 4.69) is 5.32 Å². The molecular formula is C7H5ClN2OS. The number of rotatable bonds is 2. The molecule has 1 heterocycles. The van der Waals surface area contributed by atoms with Crippen LogP contribution in [0.5, 0.6) is 0 Å². The van der Waals surface area contributed by atoms with Crippen molar-refractivity contribution in [1.29, 1.82) is 5.26 Å². The van der Waals surface area contributed by atoms with Crippen molar-refractivity contribution in [2.45, 2.75) is 0 Å². The lowest BCUT2D eigenvalue weighted by molar-refractivity contribution is 0.0962. The highest BCUT2D eigenvalue weighted by molar-refractivity contribution is 7.17. The van der Waals surface area contributed by atoms with Crippen molar-refractivity contribution in [3.05, 3.63) is 21.3 Å². The van der Waals surface area contributed by atoms with Gasteiger partial charge in [-0.25, -0.2) is 0 Å². The van der Waals surface area contributed by atoms with Crippen LogP contribution in [0, 0.1) is 11.3 Å². The number of nitriles is 1. The lowest BCUT2D eigenvalue weighted by Crippen LogP contribution is -2.22. The van der Waals surface area contributed by atoms with Crippen molar-refractivity contribution in [2.75, 3.05) is 6.54 Å². The number of hydrogen-bond acceptors (Lipinski definition) is 3. The molecular weight excluding hydrogens is 196 g/mol. The Bertz CT molecular complexity index is 328. The van der Waals surface area contributed by atoms with E-state index >= 15 is 0 Å². The minimum absolute atomic E-state index is 0.0222. The zero-order chi connectivity index (χ0) is 8.97. The normalized spacial score (nSPS) is 9.00. The van der Waals surface area contributed by atoms with Gasteiger partial charge in [0.25, 0.3) is 5.91 Å². The summed E-state index contributed by atoms with van der Waals surface area (Å²) in [7, 11) is 0. The summed E-state index contributed by atoms with van der Waals surface area (Å²) in [6.07, 6.45) is 0. The van der Waals surface area contributed by atoms with Gasteiger partial charge < -0.3 is 5.32 Å². The summed E-state index contributed by atoms with van der Waals surface area (Å²) in [5, 5.41) is 10.6. The Morgan fingerprint density at radius 2 is 2.50 bits per heavy atom. The second-order valence-electron chi connectivity index (χ2n) is 1.94. The number of amides is 1. The first kappa shape index (κ1) is 9.04. The van der Waals surface area contributed by atoms with Gasteiger partial charge in [0, 0.05) is 0 Å². The number of nitrogens with one attached hydrogen (secondary N) is 1. The van der Waals surface area contributed by atoms with Crippen LogP contribution in [0.15, 0.2) is 12.1 Å². The van der Waals surface area contributed by atoms with Crippen molar-refractivity contribution in [2.24, 2.45) is 0 Å². The Balaban J connectivity index is 2.61. The predicted octanol–water partition coefficient (Wildman–Crippen LogP) is 1.65. The summed E-state index contributed by atoms with van der Waals surface area (Å²) >= 11 is 6.80. The first-order chi connectivity index (χ1) is 5.74. The van der Waals surface area contributed by atoms with Gasteiger partial charge in [-0.1, -0.05) is 11.6 Å². The molecule has 0 radical (unpaired) electrons. The van der Waals surface area contributed by atoms with Crippen molar-refractivity contribution < 1.29 is 4.79 Å². The molecule has 0 saturated carbocycles. The molecule has 0 aliphatic rings. The molecule has 0 fully saturated rings. The van der Waals surface area contributed by atoms with E-state index in [0.29, 0.717) is 9.21 Å². The molecule has 0 aliphatic carbocycles. The number of nitrogens with zero attached hydrogens (tertiary/aromatic N) is 1. The second-order valence-corrected chi connectivity index (χ2v) is 3.66. The average Bonchev–Trinajstić information content (AvgIpc) is 2.47. The van der Waals surface area contributed by atoms with Crippen LogP contribution < -0.4 is 5.32 Å². The van der Waals surface area contributed by atoms with Gasteiger partial charge in [-0.05, 0) is 12.1 Å². The van der Waals surface area contributed by atoms with Crippen LogP contribution in [0.4, 0.5) is 0 Å². The van der Waals surface area contributed by atoms with E-state index in [0.717, 1.165) is 0 Å². The maximum atomic E-state index is 11.1. The molecule has 3 nitrogen and oxygen atoms in total. The average molecular weight is 201 g/mol. The molecule has 0 aromatic carbocycles. The Morgan fingerprint density at radius 3 is 3.00 bits per heavy atom. The predicted molar refractivity (Wildman–Crippen MR) is 47.3 cm³/mol.